The number of aliphatic hydroxyl groups excluding tert-OH is 1. The molecule has 112 valence electrons. The molecule has 6 nitrogen and oxygen atoms in total. The number of benzene rings is 1. The highest BCUT2D eigenvalue weighted by Crippen LogP contribution is 2.29. The van der Waals surface area contributed by atoms with Crippen molar-refractivity contribution >= 4 is 34.8 Å². The van der Waals surface area contributed by atoms with Gasteiger partial charge in [0.15, 0.2) is 0 Å². The Bertz CT molecular complexity index is 625. The second-order valence-corrected chi connectivity index (χ2v) is 5.22. The van der Waals surface area contributed by atoms with Crippen molar-refractivity contribution in [3.8, 4) is 0 Å². The predicted octanol–water partition coefficient (Wildman–Crippen LogP) is 2.67. The molecule has 0 aliphatic carbocycles. The summed E-state index contributed by atoms with van der Waals surface area (Å²) in [6.45, 7) is 1.78. The van der Waals surface area contributed by atoms with E-state index < -0.39 is 6.10 Å². The van der Waals surface area contributed by atoms with Crippen molar-refractivity contribution in [1.29, 1.82) is 0 Å². The summed E-state index contributed by atoms with van der Waals surface area (Å²) in [4.78, 5) is 12.0. The molecule has 1 atom stereocenters. The predicted molar refractivity (Wildman–Crippen MR) is 80.4 cm³/mol. The zero-order valence-electron chi connectivity index (χ0n) is 11.3. The summed E-state index contributed by atoms with van der Waals surface area (Å²) in [7, 11) is 0. The van der Waals surface area contributed by atoms with Gasteiger partial charge in [0.2, 0.25) is 5.91 Å². The number of carbonyl (C=O) groups excluding carboxylic acids is 1. The lowest BCUT2D eigenvalue weighted by Crippen LogP contribution is -2.19. The lowest BCUT2D eigenvalue weighted by atomic mass is 10.2. The average molecular weight is 329 g/mol. The third-order valence-corrected chi connectivity index (χ3v) is 3.45. The fraction of sp³-hybridized carbons (Fsp3) is 0.308. The molecule has 1 heterocycles. The summed E-state index contributed by atoms with van der Waals surface area (Å²) in [5.74, 6) is -0.340. The van der Waals surface area contributed by atoms with Gasteiger partial charge in [-0.05, 0) is 18.6 Å². The van der Waals surface area contributed by atoms with E-state index in [9.17, 15) is 9.90 Å². The summed E-state index contributed by atoms with van der Waals surface area (Å²) in [6.07, 6.45) is 1.38. The quantitative estimate of drug-likeness (QED) is 0.884. The molecule has 0 spiro atoms. The number of rotatable bonds is 5. The lowest BCUT2D eigenvalue weighted by molar-refractivity contribution is -0.116. The van der Waals surface area contributed by atoms with Crippen molar-refractivity contribution in [2.24, 2.45) is 0 Å². The van der Waals surface area contributed by atoms with Gasteiger partial charge < -0.3 is 10.4 Å². The second-order valence-electron chi connectivity index (χ2n) is 4.41. The minimum absolute atomic E-state index is 0.0506. The van der Waals surface area contributed by atoms with E-state index in [0.717, 1.165) is 0 Å². The fourth-order valence-electron chi connectivity index (χ4n) is 1.70. The number of halogens is 2. The maximum Gasteiger partial charge on any atom is 0.246 e. The SMILES string of the molecule is CCC(O)c1cn(CC(=O)Nc2c(Cl)cccc2Cl)nn1. The Morgan fingerprint density at radius 2 is 2.10 bits per heavy atom. The molecular formula is C13H14Cl2N4O2. The Morgan fingerprint density at radius 3 is 2.71 bits per heavy atom. The molecular weight excluding hydrogens is 315 g/mol. The molecule has 2 rings (SSSR count). The third-order valence-electron chi connectivity index (χ3n) is 2.82. The molecule has 2 N–H and O–H groups in total. The first-order valence-corrected chi connectivity index (χ1v) is 7.08. The summed E-state index contributed by atoms with van der Waals surface area (Å²) in [5, 5.41) is 20.6. The lowest BCUT2D eigenvalue weighted by Gasteiger charge is -2.08. The number of hydrogen-bond acceptors (Lipinski definition) is 4. The van der Waals surface area contributed by atoms with Crippen LogP contribution in [0.2, 0.25) is 10.0 Å². The highest BCUT2D eigenvalue weighted by molar-refractivity contribution is 6.39. The Morgan fingerprint density at radius 1 is 1.43 bits per heavy atom. The van der Waals surface area contributed by atoms with Gasteiger partial charge in [-0.3, -0.25) is 4.79 Å². The van der Waals surface area contributed by atoms with E-state index in [1.165, 1.54) is 10.9 Å². The van der Waals surface area contributed by atoms with Crippen molar-refractivity contribution in [2.75, 3.05) is 5.32 Å². The van der Waals surface area contributed by atoms with Gasteiger partial charge >= 0.3 is 0 Å². The van der Waals surface area contributed by atoms with Gasteiger partial charge in [0.1, 0.15) is 12.2 Å². The van der Waals surface area contributed by atoms with Crippen LogP contribution in [0.1, 0.15) is 25.1 Å². The number of nitrogens with one attached hydrogen (secondary N) is 1. The molecule has 8 heteroatoms. The van der Waals surface area contributed by atoms with E-state index in [2.05, 4.69) is 15.6 Å². The number of aliphatic hydroxyl groups is 1. The molecule has 1 aromatic heterocycles. The highest BCUT2D eigenvalue weighted by atomic mass is 35.5. The smallest absolute Gasteiger partial charge is 0.246 e. The van der Waals surface area contributed by atoms with Gasteiger partial charge in [-0.15, -0.1) is 5.10 Å². The van der Waals surface area contributed by atoms with Crippen molar-refractivity contribution in [3.63, 3.8) is 0 Å². The van der Waals surface area contributed by atoms with Crippen LogP contribution in [0.25, 0.3) is 0 Å². The molecule has 2 aromatic rings. The zero-order chi connectivity index (χ0) is 15.4. The molecule has 21 heavy (non-hydrogen) atoms. The monoisotopic (exact) mass is 328 g/mol. The topological polar surface area (TPSA) is 80.0 Å². The standard InChI is InChI=1S/C13H14Cl2N4O2/c1-2-11(20)10-6-19(18-17-10)7-12(21)16-13-8(14)4-3-5-9(13)15/h3-6,11,20H,2,7H2,1H3,(H,16,21). The maximum absolute atomic E-state index is 12.0. The maximum atomic E-state index is 12.0. The van der Waals surface area contributed by atoms with Crippen molar-refractivity contribution < 1.29 is 9.90 Å². The Kier molecular flexibility index (Phi) is 5.17. The normalized spacial score (nSPS) is 12.2. The van der Waals surface area contributed by atoms with Crippen molar-refractivity contribution in [3.05, 3.63) is 40.1 Å². The van der Waals surface area contributed by atoms with Gasteiger partial charge in [0, 0.05) is 0 Å². The first-order valence-electron chi connectivity index (χ1n) is 6.33. The van der Waals surface area contributed by atoms with Crippen LogP contribution in [0.5, 0.6) is 0 Å². The van der Waals surface area contributed by atoms with Gasteiger partial charge in [0.25, 0.3) is 0 Å². The van der Waals surface area contributed by atoms with E-state index in [-0.39, 0.29) is 12.5 Å². The number of aromatic nitrogens is 3. The number of nitrogens with zero attached hydrogens (tertiary/aromatic N) is 3. The molecule has 0 saturated heterocycles. The first-order chi connectivity index (χ1) is 10.0. The van der Waals surface area contributed by atoms with Crippen LogP contribution in [-0.2, 0) is 11.3 Å². The molecule has 1 amide bonds. The van der Waals surface area contributed by atoms with Crippen LogP contribution in [-0.4, -0.2) is 26.0 Å². The van der Waals surface area contributed by atoms with Gasteiger partial charge in [0.05, 0.1) is 28.0 Å². The molecule has 0 radical (unpaired) electrons. The molecule has 0 fully saturated rings. The number of para-hydroxylation sites is 1. The van der Waals surface area contributed by atoms with Crippen LogP contribution >= 0.6 is 23.2 Å². The van der Waals surface area contributed by atoms with Gasteiger partial charge in [-0.2, -0.15) is 0 Å². The Balaban J connectivity index is 2.03. The summed E-state index contributed by atoms with van der Waals surface area (Å²) in [5.41, 5.74) is 0.792. The van der Waals surface area contributed by atoms with Crippen molar-refractivity contribution in [2.45, 2.75) is 26.0 Å². The molecule has 1 aromatic carbocycles. The van der Waals surface area contributed by atoms with Gasteiger partial charge in [-0.25, -0.2) is 4.68 Å². The first kappa shape index (κ1) is 15.8. The Labute approximate surface area is 131 Å². The summed E-state index contributed by atoms with van der Waals surface area (Å²) >= 11 is 11.9. The number of carbonyl (C=O) groups is 1. The van der Waals surface area contributed by atoms with E-state index in [1.54, 1.807) is 18.2 Å². The molecule has 1 unspecified atom stereocenters. The summed E-state index contributed by atoms with van der Waals surface area (Å²) in [6, 6.07) is 4.96. The molecule has 0 aliphatic heterocycles. The van der Waals surface area contributed by atoms with Crippen molar-refractivity contribution in [1.82, 2.24) is 15.0 Å². The second kappa shape index (κ2) is 6.89. The zero-order valence-corrected chi connectivity index (χ0v) is 12.8. The highest BCUT2D eigenvalue weighted by Gasteiger charge is 2.13. The minimum Gasteiger partial charge on any atom is -0.387 e. The number of amides is 1. The van der Waals surface area contributed by atoms with Crippen LogP contribution in [0.15, 0.2) is 24.4 Å². The third kappa shape index (κ3) is 3.93. The fourth-order valence-corrected chi connectivity index (χ4v) is 2.19. The average Bonchev–Trinajstić information content (AvgIpc) is 2.90. The van der Waals surface area contributed by atoms with E-state index in [0.29, 0.717) is 27.8 Å². The number of hydrogen-bond donors (Lipinski definition) is 2. The van der Waals surface area contributed by atoms with Gasteiger partial charge in [-0.1, -0.05) is 41.4 Å². The van der Waals surface area contributed by atoms with Crippen LogP contribution in [0.4, 0.5) is 5.69 Å². The van der Waals surface area contributed by atoms with E-state index in [1.807, 2.05) is 6.92 Å². The number of anilines is 1. The Hall–Kier alpha value is -1.63. The van der Waals surface area contributed by atoms with Crippen LogP contribution in [0, 0.1) is 0 Å². The van der Waals surface area contributed by atoms with Crippen LogP contribution < -0.4 is 5.32 Å². The molecule has 0 bridgehead atoms. The van der Waals surface area contributed by atoms with E-state index in [4.69, 9.17) is 23.2 Å². The largest absolute Gasteiger partial charge is 0.387 e. The molecule has 0 saturated carbocycles. The summed E-state index contributed by atoms with van der Waals surface area (Å²) < 4.78 is 1.34. The minimum atomic E-state index is -0.681. The van der Waals surface area contributed by atoms with Crippen LogP contribution in [0.3, 0.4) is 0 Å². The molecule has 0 aliphatic rings. The van der Waals surface area contributed by atoms with E-state index >= 15 is 0 Å².